The number of aromatic nitrogens is 1. The average Bonchev–Trinajstić information content (AvgIpc) is 3.31. The number of nitrogens with zero attached hydrogens (tertiary/aromatic N) is 1. The number of carbonyl (C=O) groups is 1. The van der Waals surface area contributed by atoms with Crippen molar-refractivity contribution in [2.75, 3.05) is 11.8 Å². The van der Waals surface area contributed by atoms with E-state index in [0.29, 0.717) is 27.6 Å². The van der Waals surface area contributed by atoms with Gasteiger partial charge in [-0.15, -0.1) is 11.3 Å². The van der Waals surface area contributed by atoms with Gasteiger partial charge in [0.2, 0.25) is 0 Å². The molecular formula is C26H24F4N2O3S2. The highest BCUT2D eigenvalue weighted by molar-refractivity contribution is 8.00. The molecule has 3 aromatic rings. The molecule has 0 bridgehead atoms. The highest BCUT2D eigenvalue weighted by atomic mass is 32.2. The third kappa shape index (κ3) is 6.10. The first kappa shape index (κ1) is 27.0. The van der Waals surface area contributed by atoms with Gasteiger partial charge in [-0.25, -0.2) is 14.2 Å². The lowest BCUT2D eigenvalue weighted by atomic mass is 9.76. The van der Waals surface area contributed by atoms with Gasteiger partial charge in [0.15, 0.2) is 0 Å². The van der Waals surface area contributed by atoms with E-state index in [9.17, 15) is 22.4 Å². The van der Waals surface area contributed by atoms with Crippen LogP contribution in [0, 0.1) is 11.2 Å². The van der Waals surface area contributed by atoms with E-state index in [1.54, 1.807) is 11.4 Å². The molecule has 1 aromatic heterocycles. The number of benzene rings is 2. The van der Waals surface area contributed by atoms with Gasteiger partial charge >= 0.3 is 12.1 Å². The number of rotatable bonds is 7. The van der Waals surface area contributed by atoms with Gasteiger partial charge in [-0.1, -0.05) is 32.1 Å². The second kappa shape index (κ2) is 10.4. The summed E-state index contributed by atoms with van der Waals surface area (Å²) in [5.41, 5.74) is 0.332. The summed E-state index contributed by atoms with van der Waals surface area (Å²) in [5, 5.41) is 11.6. The van der Waals surface area contributed by atoms with E-state index < -0.39 is 29.1 Å². The molecule has 5 nitrogen and oxygen atoms in total. The molecule has 0 fully saturated rings. The highest BCUT2D eigenvalue weighted by Crippen LogP contribution is 2.44. The molecule has 0 saturated carbocycles. The molecule has 0 atom stereocenters. The zero-order valence-corrected chi connectivity index (χ0v) is 21.8. The molecule has 2 N–H and O–H groups in total. The molecule has 1 heterocycles. The Hall–Kier alpha value is -3.05. The van der Waals surface area contributed by atoms with Crippen LogP contribution in [0.3, 0.4) is 0 Å². The van der Waals surface area contributed by atoms with Crippen LogP contribution in [0.25, 0.3) is 16.1 Å². The first-order chi connectivity index (χ1) is 17.4. The predicted molar refractivity (Wildman–Crippen MR) is 138 cm³/mol. The molecule has 4 rings (SSSR count). The average molecular weight is 553 g/mol. The molecule has 196 valence electrons. The Morgan fingerprint density at radius 3 is 2.62 bits per heavy atom. The molecule has 0 aliphatic heterocycles. The molecule has 1 aliphatic carbocycles. The van der Waals surface area contributed by atoms with Gasteiger partial charge in [0.1, 0.15) is 21.6 Å². The number of allylic oxidation sites excluding steroid dienone is 2. The van der Waals surface area contributed by atoms with Crippen molar-refractivity contribution in [1.29, 1.82) is 0 Å². The third-order valence-corrected chi connectivity index (χ3v) is 7.94. The van der Waals surface area contributed by atoms with Gasteiger partial charge in [0.25, 0.3) is 0 Å². The van der Waals surface area contributed by atoms with Crippen LogP contribution in [-0.4, -0.2) is 23.2 Å². The van der Waals surface area contributed by atoms with Gasteiger partial charge in [-0.05, 0) is 47.9 Å². The number of halogens is 4. The molecule has 11 heteroatoms. The van der Waals surface area contributed by atoms with Crippen molar-refractivity contribution in [3.8, 4) is 16.3 Å². The number of hydrogen-bond donors (Lipinski definition) is 2. The Balaban J connectivity index is 1.57. The fraction of sp³-hybridized carbons (Fsp3) is 0.308. The minimum Gasteiger partial charge on any atom is -0.495 e. The van der Waals surface area contributed by atoms with Crippen molar-refractivity contribution in [1.82, 2.24) is 4.98 Å². The van der Waals surface area contributed by atoms with Gasteiger partial charge < -0.3 is 14.6 Å². The van der Waals surface area contributed by atoms with Crippen LogP contribution in [0.5, 0.6) is 5.75 Å². The highest BCUT2D eigenvalue weighted by Gasteiger charge is 2.35. The summed E-state index contributed by atoms with van der Waals surface area (Å²) in [7, 11) is 1.32. The van der Waals surface area contributed by atoms with E-state index >= 15 is 0 Å². The summed E-state index contributed by atoms with van der Waals surface area (Å²) < 4.78 is 64.1. The zero-order chi connectivity index (χ0) is 27.0. The maximum atomic E-state index is 14.1. The van der Waals surface area contributed by atoms with Crippen molar-refractivity contribution in [2.24, 2.45) is 5.41 Å². The van der Waals surface area contributed by atoms with Gasteiger partial charge in [0, 0.05) is 29.0 Å². The van der Waals surface area contributed by atoms with Gasteiger partial charge in [0.05, 0.1) is 23.9 Å². The lowest BCUT2D eigenvalue weighted by molar-refractivity contribution is -0.137. The number of thiazole rings is 1. The summed E-state index contributed by atoms with van der Waals surface area (Å²) >= 11 is 2.18. The Bertz CT molecular complexity index is 1370. The topological polar surface area (TPSA) is 71.5 Å². The normalized spacial score (nSPS) is 15.3. The lowest BCUT2D eigenvalue weighted by Crippen LogP contribution is -2.16. The lowest BCUT2D eigenvalue weighted by Gasteiger charge is -2.29. The smallest absolute Gasteiger partial charge is 0.417 e. The quantitative estimate of drug-likeness (QED) is 0.227. The van der Waals surface area contributed by atoms with Crippen LogP contribution in [-0.2, 0) is 6.18 Å². The Kier molecular flexibility index (Phi) is 7.57. The third-order valence-electron chi connectivity index (χ3n) is 6.16. The summed E-state index contributed by atoms with van der Waals surface area (Å²) in [5.74, 6) is -2.24. The van der Waals surface area contributed by atoms with Crippen LogP contribution in [0.4, 0.5) is 23.2 Å². The van der Waals surface area contributed by atoms with Crippen molar-refractivity contribution in [3.63, 3.8) is 0 Å². The standard InChI is InChI=1S/C26H24F4N2O3S2/c1-25(2)8-6-14(7-9-25)16-5-4-15(10-18(16)26(28,29)30)23-31-22(13-36-23)37-32-20-12-19(27)17(24(33)34)11-21(20)35-3/h4-6,10-13,32H,7-9H2,1-3H3,(H,33,34). The second-order valence-electron chi connectivity index (χ2n) is 9.39. The molecule has 0 unspecified atom stereocenters. The number of alkyl halides is 3. The molecule has 0 spiro atoms. The van der Waals surface area contributed by atoms with Crippen LogP contribution >= 0.6 is 23.3 Å². The number of nitrogens with one attached hydrogen (secondary N) is 1. The van der Waals surface area contributed by atoms with E-state index in [0.717, 1.165) is 43.0 Å². The maximum absolute atomic E-state index is 14.1. The summed E-state index contributed by atoms with van der Waals surface area (Å²) in [6.07, 6.45) is -0.451. The monoisotopic (exact) mass is 552 g/mol. The molecule has 0 amide bonds. The summed E-state index contributed by atoms with van der Waals surface area (Å²) in [6.45, 7) is 4.22. The Morgan fingerprint density at radius 1 is 1.24 bits per heavy atom. The minimum atomic E-state index is -4.52. The largest absolute Gasteiger partial charge is 0.495 e. The summed E-state index contributed by atoms with van der Waals surface area (Å²) in [4.78, 5) is 15.5. The number of ether oxygens (including phenoxy) is 1. The molecule has 37 heavy (non-hydrogen) atoms. The van der Waals surface area contributed by atoms with E-state index in [-0.39, 0.29) is 22.4 Å². The number of carboxylic acids is 1. The van der Waals surface area contributed by atoms with Crippen molar-refractivity contribution < 1.29 is 32.2 Å². The van der Waals surface area contributed by atoms with E-state index in [4.69, 9.17) is 9.84 Å². The Labute approximate surface area is 219 Å². The fourth-order valence-corrected chi connectivity index (χ4v) is 5.61. The minimum absolute atomic E-state index is 0.0823. The van der Waals surface area contributed by atoms with Crippen LogP contribution in [0.2, 0.25) is 0 Å². The van der Waals surface area contributed by atoms with Crippen LogP contribution in [0.15, 0.2) is 46.8 Å². The van der Waals surface area contributed by atoms with Crippen molar-refractivity contribution >= 4 is 40.5 Å². The zero-order valence-electron chi connectivity index (χ0n) is 20.2. The number of aromatic carboxylic acids is 1. The van der Waals surface area contributed by atoms with E-state index in [1.807, 2.05) is 6.08 Å². The van der Waals surface area contributed by atoms with Gasteiger partial charge in [-0.2, -0.15) is 13.2 Å². The number of carboxylic acid groups (broad SMARTS) is 1. The molecular weight excluding hydrogens is 528 g/mol. The number of methoxy groups -OCH3 is 1. The Morgan fingerprint density at radius 2 is 2.00 bits per heavy atom. The molecule has 1 aliphatic rings. The number of hydrogen-bond acceptors (Lipinski definition) is 6. The summed E-state index contributed by atoms with van der Waals surface area (Å²) in [6, 6.07) is 6.37. The predicted octanol–water partition coefficient (Wildman–Crippen LogP) is 8.39. The van der Waals surface area contributed by atoms with Crippen LogP contribution in [0.1, 0.15) is 54.6 Å². The molecule has 0 saturated heterocycles. The van der Waals surface area contributed by atoms with Gasteiger partial charge in [-0.3, -0.25) is 0 Å². The van der Waals surface area contributed by atoms with E-state index in [2.05, 4.69) is 23.6 Å². The van der Waals surface area contributed by atoms with Crippen LogP contribution < -0.4 is 9.46 Å². The van der Waals surface area contributed by atoms with Crippen molar-refractivity contribution in [3.05, 3.63) is 64.3 Å². The maximum Gasteiger partial charge on any atom is 0.417 e. The first-order valence-corrected chi connectivity index (χ1v) is 13.0. The first-order valence-electron chi connectivity index (χ1n) is 11.3. The fourth-order valence-electron chi connectivity index (χ4n) is 4.02. The van der Waals surface area contributed by atoms with Crippen molar-refractivity contribution in [2.45, 2.75) is 44.3 Å². The molecule has 2 aromatic carbocycles. The SMILES string of the molecule is COc1cc(C(=O)O)c(F)cc1NSc1csc(-c2ccc(C3=CCC(C)(C)CC3)c(C(F)(F)F)c2)n1. The number of anilines is 1. The second-order valence-corrected chi connectivity index (χ2v) is 11.1. The molecule has 0 radical (unpaired) electrons. The van der Waals surface area contributed by atoms with E-state index in [1.165, 1.54) is 24.5 Å².